The second-order valence-electron chi connectivity index (χ2n) is 5.75. The van der Waals surface area contributed by atoms with Crippen molar-refractivity contribution in [3.63, 3.8) is 0 Å². The maximum absolute atomic E-state index is 12.5. The fourth-order valence-corrected chi connectivity index (χ4v) is 3.88. The van der Waals surface area contributed by atoms with E-state index in [0.29, 0.717) is 19.4 Å². The second-order valence-corrected chi connectivity index (χ2v) is 7.68. The van der Waals surface area contributed by atoms with E-state index in [9.17, 15) is 22.0 Å². The second kappa shape index (κ2) is 7.43. The maximum atomic E-state index is 12.5. The largest absolute Gasteiger partial charge is 0.435 e. The van der Waals surface area contributed by atoms with E-state index < -0.39 is 22.7 Å². The molecule has 1 aromatic rings. The molecule has 0 saturated carbocycles. The molecule has 1 atom stereocenters. The van der Waals surface area contributed by atoms with E-state index in [1.807, 2.05) is 0 Å². The van der Waals surface area contributed by atoms with Gasteiger partial charge in [0.1, 0.15) is 11.8 Å². The van der Waals surface area contributed by atoms with Gasteiger partial charge in [0.15, 0.2) is 0 Å². The first-order valence-corrected chi connectivity index (χ1v) is 9.29. The lowest BCUT2D eigenvalue weighted by atomic mass is 10.1. The van der Waals surface area contributed by atoms with Crippen LogP contribution in [0.25, 0.3) is 0 Å². The van der Waals surface area contributed by atoms with Gasteiger partial charge in [0.05, 0.1) is 6.26 Å². The van der Waals surface area contributed by atoms with E-state index in [-0.39, 0.29) is 18.2 Å². The Morgan fingerprint density at radius 2 is 2.00 bits per heavy atom. The number of carbonyl (C=O) groups is 1. The van der Waals surface area contributed by atoms with Gasteiger partial charge in [0, 0.05) is 20.1 Å². The van der Waals surface area contributed by atoms with Crippen LogP contribution in [-0.4, -0.2) is 56.0 Å². The van der Waals surface area contributed by atoms with Gasteiger partial charge in [-0.05, 0) is 30.5 Å². The van der Waals surface area contributed by atoms with Gasteiger partial charge < -0.3 is 9.64 Å². The lowest BCUT2D eigenvalue weighted by Gasteiger charge is -2.26. The smallest absolute Gasteiger partial charge is 0.387 e. The van der Waals surface area contributed by atoms with E-state index in [1.165, 1.54) is 21.3 Å². The van der Waals surface area contributed by atoms with Crippen LogP contribution in [-0.2, 0) is 21.4 Å². The van der Waals surface area contributed by atoms with Crippen molar-refractivity contribution in [1.82, 2.24) is 9.21 Å². The number of halogens is 2. The summed E-state index contributed by atoms with van der Waals surface area (Å²) >= 11 is 0. The minimum Gasteiger partial charge on any atom is -0.435 e. The number of sulfonamides is 1. The van der Waals surface area contributed by atoms with Crippen LogP contribution in [0.5, 0.6) is 5.75 Å². The SMILES string of the molecule is CN(Cc1ccc(OC(F)F)cc1)C(=O)C1CCCN1S(C)(=O)=O. The van der Waals surface area contributed by atoms with Crippen LogP contribution in [0.2, 0.25) is 0 Å². The Morgan fingerprint density at radius 3 is 2.54 bits per heavy atom. The van der Waals surface area contributed by atoms with Gasteiger partial charge in [0.25, 0.3) is 0 Å². The Bertz CT molecular complexity index is 679. The summed E-state index contributed by atoms with van der Waals surface area (Å²) in [7, 11) is -1.83. The number of nitrogens with zero attached hydrogens (tertiary/aromatic N) is 2. The molecule has 9 heteroatoms. The molecule has 0 aliphatic carbocycles. The molecule has 1 unspecified atom stereocenters. The van der Waals surface area contributed by atoms with Gasteiger partial charge in [-0.15, -0.1) is 0 Å². The molecule has 0 bridgehead atoms. The van der Waals surface area contributed by atoms with Gasteiger partial charge in [-0.1, -0.05) is 12.1 Å². The standard InChI is InChI=1S/C15H20F2N2O4S/c1-18(10-11-5-7-12(8-6-11)23-15(16)17)14(20)13-4-3-9-19(13)24(2,21)22/h5-8,13,15H,3-4,9-10H2,1-2H3. The first kappa shape index (κ1) is 18.6. The third-order valence-electron chi connectivity index (χ3n) is 3.86. The van der Waals surface area contributed by atoms with Crippen LogP contribution >= 0.6 is 0 Å². The highest BCUT2D eigenvalue weighted by Crippen LogP contribution is 2.23. The average Bonchev–Trinajstić information content (AvgIpc) is 2.97. The lowest BCUT2D eigenvalue weighted by molar-refractivity contribution is -0.133. The number of carbonyl (C=O) groups excluding carboxylic acids is 1. The van der Waals surface area contributed by atoms with Crippen molar-refractivity contribution in [2.75, 3.05) is 19.8 Å². The summed E-state index contributed by atoms with van der Waals surface area (Å²) in [4.78, 5) is 14.0. The number of benzene rings is 1. The summed E-state index contributed by atoms with van der Waals surface area (Å²) in [6.45, 7) is -2.28. The highest BCUT2D eigenvalue weighted by Gasteiger charge is 2.37. The molecule has 24 heavy (non-hydrogen) atoms. The first-order valence-electron chi connectivity index (χ1n) is 7.44. The molecule has 1 aliphatic heterocycles. The average molecular weight is 362 g/mol. The number of ether oxygens (including phenoxy) is 1. The molecular weight excluding hydrogens is 342 g/mol. The predicted octanol–water partition coefficient (Wildman–Crippen LogP) is 1.67. The summed E-state index contributed by atoms with van der Waals surface area (Å²) < 4.78 is 53.2. The van der Waals surface area contributed by atoms with Gasteiger partial charge in [-0.3, -0.25) is 4.79 Å². The molecule has 1 amide bonds. The van der Waals surface area contributed by atoms with Crippen molar-refractivity contribution in [3.8, 4) is 5.75 Å². The van der Waals surface area contributed by atoms with Gasteiger partial charge in [-0.2, -0.15) is 13.1 Å². The fourth-order valence-electron chi connectivity index (χ4n) is 2.77. The molecule has 0 spiro atoms. The highest BCUT2D eigenvalue weighted by molar-refractivity contribution is 7.88. The quantitative estimate of drug-likeness (QED) is 0.772. The van der Waals surface area contributed by atoms with Crippen molar-refractivity contribution in [1.29, 1.82) is 0 Å². The normalized spacial score (nSPS) is 18.8. The molecule has 0 N–H and O–H groups in total. The zero-order chi connectivity index (χ0) is 17.9. The third kappa shape index (κ3) is 4.64. The number of rotatable bonds is 6. The minimum absolute atomic E-state index is 0.0433. The molecule has 6 nitrogen and oxygen atoms in total. The van der Waals surface area contributed by atoms with E-state index in [4.69, 9.17) is 0 Å². The van der Waals surface area contributed by atoms with Crippen molar-refractivity contribution >= 4 is 15.9 Å². The van der Waals surface area contributed by atoms with E-state index >= 15 is 0 Å². The van der Waals surface area contributed by atoms with Crippen molar-refractivity contribution in [3.05, 3.63) is 29.8 Å². The Labute approximate surface area is 140 Å². The van der Waals surface area contributed by atoms with Crippen LogP contribution < -0.4 is 4.74 Å². The van der Waals surface area contributed by atoms with E-state index in [0.717, 1.165) is 11.8 Å². The zero-order valence-corrected chi connectivity index (χ0v) is 14.3. The number of amides is 1. The number of likely N-dealkylation sites (N-methyl/N-ethyl adjacent to an activating group) is 1. The molecule has 2 rings (SSSR count). The van der Waals surface area contributed by atoms with Crippen molar-refractivity contribution < 1.29 is 26.7 Å². The predicted molar refractivity (Wildman–Crippen MR) is 84.1 cm³/mol. The molecule has 0 aromatic heterocycles. The molecule has 1 aromatic carbocycles. The Balaban J connectivity index is 2.01. The van der Waals surface area contributed by atoms with Crippen LogP contribution in [0.3, 0.4) is 0 Å². The van der Waals surface area contributed by atoms with Crippen LogP contribution in [0.15, 0.2) is 24.3 Å². The Morgan fingerprint density at radius 1 is 1.38 bits per heavy atom. The van der Waals surface area contributed by atoms with Crippen LogP contribution in [0.4, 0.5) is 8.78 Å². The minimum atomic E-state index is -3.42. The Kier molecular flexibility index (Phi) is 5.76. The lowest BCUT2D eigenvalue weighted by Crippen LogP contribution is -2.45. The van der Waals surface area contributed by atoms with Gasteiger partial charge in [-0.25, -0.2) is 8.42 Å². The topological polar surface area (TPSA) is 66.9 Å². The van der Waals surface area contributed by atoms with Crippen LogP contribution in [0, 0.1) is 0 Å². The fraction of sp³-hybridized carbons (Fsp3) is 0.533. The third-order valence-corrected chi connectivity index (χ3v) is 5.15. The van der Waals surface area contributed by atoms with E-state index in [1.54, 1.807) is 19.2 Å². The summed E-state index contributed by atoms with van der Waals surface area (Å²) in [5.74, 6) is -0.229. The maximum Gasteiger partial charge on any atom is 0.387 e. The summed E-state index contributed by atoms with van der Waals surface area (Å²) in [5.41, 5.74) is 0.733. The molecule has 0 radical (unpaired) electrons. The molecule has 134 valence electrons. The number of hydrogen-bond donors (Lipinski definition) is 0. The summed E-state index contributed by atoms with van der Waals surface area (Å²) in [5, 5.41) is 0. The molecule has 1 heterocycles. The van der Waals surface area contributed by atoms with E-state index in [2.05, 4.69) is 4.74 Å². The molecule has 1 saturated heterocycles. The van der Waals surface area contributed by atoms with Crippen molar-refractivity contribution in [2.24, 2.45) is 0 Å². The number of alkyl halides is 2. The zero-order valence-electron chi connectivity index (χ0n) is 13.5. The highest BCUT2D eigenvalue weighted by atomic mass is 32.2. The molecular formula is C15H20F2N2O4S. The number of hydrogen-bond acceptors (Lipinski definition) is 4. The summed E-state index contributed by atoms with van der Waals surface area (Å²) in [6.07, 6.45) is 2.24. The summed E-state index contributed by atoms with van der Waals surface area (Å²) in [6, 6.07) is 5.30. The molecule has 1 aliphatic rings. The first-order chi connectivity index (χ1) is 11.2. The van der Waals surface area contributed by atoms with Crippen molar-refractivity contribution in [2.45, 2.75) is 32.0 Å². The Hall–Kier alpha value is -1.74. The monoisotopic (exact) mass is 362 g/mol. The van der Waals surface area contributed by atoms with Gasteiger partial charge >= 0.3 is 6.61 Å². The van der Waals surface area contributed by atoms with Gasteiger partial charge in [0.2, 0.25) is 15.9 Å². The molecule has 1 fully saturated rings. The van der Waals surface area contributed by atoms with Crippen LogP contribution in [0.1, 0.15) is 18.4 Å².